The standard InChI is InChI=1S/C14H14N6O3S2/c1-10-17-18-19-20(10)12-5-2-4-11(8-12)16-13(21)9-15-25(22,23)14-6-3-7-24-14/h2-8,15H,9H2,1H3,(H,16,21). The maximum atomic E-state index is 12.0. The van der Waals surface area contributed by atoms with E-state index in [4.69, 9.17) is 0 Å². The number of thiophene rings is 1. The first-order valence-electron chi connectivity index (χ1n) is 7.14. The summed E-state index contributed by atoms with van der Waals surface area (Å²) in [6.45, 7) is 1.39. The summed E-state index contributed by atoms with van der Waals surface area (Å²) in [5, 5.41) is 15.5. The second-order valence-corrected chi connectivity index (χ2v) is 7.93. The Morgan fingerprint density at radius 1 is 1.28 bits per heavy atom. The fourth-order valence-corrected chi connectivity index (χ4v) is 4.06. The number of rotatable bonds is 6. The number of anilines is 1. The van der Waals surface area contributed by atoms with Crippen molar-refractivity contribution in [2.75, 3.05) is 11.9 Å². The monoisotopic (exact) mass is 378 g/mol. The molecule has 2 N–H and O–H groups in total. The van der Waals surface area contributed by atoms with E-state index >= 15 is 0 Å². The molecule has 1 amide bonds. The Morgan fingerprint density at radius 3 is 2.80 bits per heavy atom. The number of hydrogen-bond acceptors (Lipinski definition) is 7. The number of carbonyl (C=O) groups is 1. The average Bonchev–Trinajstić information content (AvgIpc) is 3.25. The van der Waals surface area contributed by atoms with Crippen LogP contribution < -0.4 is 10.0 Å². The van der Waals surface area contributed by atoms with E-state index in [1.807, 2.05) is 0 Å². The van der Waals surface area contributed by atoms with Crippen molar-refractivity contribution < 1.29 is 13.2 Å². The molecule has 0 spiro atoms. The smallest absolute Gasteiger partial charge is 0.250 e. The molecule has 0 atom stereocenters. The van der Waals surface area contributed by atoms with Gasteiger partial charge in [-0.2, -0.15) is 4.68 Å². The number of carbonyl (C=O) groups excluding carboxylic acids is 1. The molecule has 2 heterocycles. The fourth-order valence-electron chi connectivity index (χ4n) is 2.04. The van der Waals surface area contributed by atoms with Crippen LogP contribution >= 0.6 is 11.3 Å². The van der Waals surface area contributed by atoms with Crippen LogP contribution in [-0.2, 0) is 14.8 Å². The van der Waals surface area contributed by atoms with Crippen LogP contribution in [0.1, 0.15) is 5.82 Å². The number of benzene rings is 1. The van der Waals surface area contributed by atoms with E-state index in [1.54, 1.807) is 42.6 Å². The highest BCUT2D eigenvalue weighted by Gasteiger charge is 2.16. The predicted molar refractivity (Wildman–Crippen MR) is 92.0 cm³/mol. The second kappa shape index (κ2) is 7.09. The van der Waals surface area contributed by atoms with Gasteiger partial charge < -0.3 is 5.32 Å². The van der Waals surface area contributed by atoms with Gasteiger partial charge in [0.15, 0.2) is 5.82 Å². The highest BCUT2D eigenvalue weighted by molar-refractivity contribution is 7.91. The van der Waals surface area contributed by atoms with Crippen LogP contribution in [0, 0.1) is 6.92 Å². The van der Waals surface area contributed by atoms with Gasteiger partial charge in [0.25, 0.3) is 10.0 Å². The lowest BCUT2D eigenvalue weighted by Gasteiger charge is -2.08. The summed E-state index contributed by atoms with van der Waals surface area (Å²) < 4.78 is 27.9. The van der Waals surface area contributed by atoms with E-state index in [-0.39, 0.29) is 10.8 Å². The van der Waals surface area contributed by atoms with Gasteiger partial charge in [0, 0.05) is 5.69 Å². The number of hydrogen-bond donors (Lipinski definition) is 2. The van der Waals surface area contributed by atoms with E-state index in [9.17, 15) is 13.2 Å². The maximum Gasteiger partial charge on any atom is 0.250 e. The summed E-state index contributed by atoms with van der Waals surface area (Å²) in [6, 6.07) is 10.0. The zero-order chi connectivity index (χ0) is 17.9. The fraction of sp³-hybridized carbons (Fsp3) is 0.143. The molecule has 0 bridgehead atoms. The summed E-state index contributed by atoms with van der Waals surface area (Å²) in [7, 11) is -3.68. The van der Waals surface area contributed by atoms with Crippen molar-refractivity contribution in [3.8, 4) is 5.69 Å². The Morgan fingerprint density at radius 2 is 2.12 bits per heavy atom. The van der Waals surface area contributed by atoms with Crippen LogP contribution in [0.3, 0.4) is 0 Å². The van der Waals surface area contributed by atoms with Crippen LogP contribution in [0.25, 0.3) is 5.69 Å². The number of aryl methyl sites for hydroxylation is 1. The van der Waals surface area contributed by atoms with E-state index < -0.39 is 15.9 Å². The third-order valence-corrected chi connectivity index (χ3v) is 5.98. The van der Waals surface area contributed by atoms with E-state index in [0.29, 0.717) is 17.2 Å². The molecule has 0 radical (unpaired) electrons. The third kappa shape index (κ3) is 4.07. The normalized spacial score (nSPS) is 11.4. The molecule has 3 rings (SSSR count). The van der Waals surface area contributed by atoms with E-state index in [0.717, 1.165) is 11.3 Å². The molecule has 1 aromatic carbocycles. The number of aromatic nitrogens is 4. The average molecular weight is 378 g/mol. The molecule has 0 aliphatic carbocycles. The van der Waals surface area contributed by atoms with Gasteiger partial charge >= 0.3 is 0 Å². The van der Waals surface area contributed by atoms with Crippen molar-refractivity contribution in [1.82, 2.24) is 24.9 Å². The second-order valence-electron chi connectivity index (χ2n) is 4.99. The van der Waals surface area contributed by atoms with Gasteiger partial charge in [-0.3, -0.25) is 4.79 Å². The van der Waals surface area contributed by atoms with Crippen molar-refractivity contribution in [3.05, 3.63) is 47.6 Å². The lowest BCUT2D eigenvalue weighted by atomic mass is 10.2. The summed E-state index contributed by atoms with van der Waals surface area (Å²) in [4.78, 5) is 12.0. The van der Waals surface area contributed by atoms with Crippen LogP contribution in [0.5, 0.6) is 0 Å². The highest BCUT2D eigenvalue weighted by Crippen LogP contribution is 2.16. The Kier molecular flexibility index (Phi) is 4.88. The molecule has 11 heteroatoms. The zero-order valence-electron chi connectivity index (χ0n) is 13.1. The largest absolute Gasteiger partial charge is 0.325 e. The minimum atomic E-state index is -3.68. The number of nitrogens with zero attached hydrogens (tertiary/aromatic N) is 4. The van der Waals surface area contributed by atoms with Crippen molar-refractivity contribution in [2.24, 2.45) is 0 Å². The molecule has 0 fully saturated rings. The molecule has 2 aromatic heterocycles. The van der Waals surface area contributed by atoms with Gasteiger partial charge in [-0.1, -0.05) is 12.1 Å². The first-order chi connectivity index (χ1) is 12.0. The molecular weight excluding hydrogens is 364 g/mol. The van der Waals surface area contributed by atoms with Crippen molar-refractivity contribution in [3.63, 3.8) is 0 Å². The number of nitrogens with one attached hydrogen (secondary N) is 2. The molecule has 3 aromatic rings. The Labute approximate surface area is 147 Å². The molecule has 130 valence electrons. The van der Waals surface area contributed by atoms with Crippen LogP contribution in [-0.4, -0.2) is 41.1 Å². The number of sulfonamides is 1. The molecule has 0 saturated heterocycles. The Balaban J connectivity index is 1.65. The summed E-state index contributed by atoms with van der Waals surface area (Å²) in [5.74, 6) is 0.123. The van der Waals surface area contributed by atoms with E-state index in [1.165, 1.54) is 10.7 Å². The molecular formula is C14H14N6O3S2. The van der Waals surface area contributed by atoms with Crippen molar-refractivity contribution >= 4 is 33.0 Å². The summed E-state index contributed by atoms with van der Waals surface area (Å²) in [6.07, 6.45) is 0. The van der Waals surface area contributed by atoms with E-state index in [2.05, 4.69) is 25.6 Å². The molecule has 9 nitrogen and oxygen atoms in total. The van der Waals surface area contributed by atoms with Gasteiger partial charge in [0.1, 0.15) is 4.21 Å². The maximum absolute atomic E-state index is 12.0. The van der Waals surface area contributed by atoms with Crippen LogP contribution in [0.15, 0.2) is 46.0 Å². The molecule has 0 saturated carbocycles. The van der Waals surface area contributed by atoms with Gasteiger partial charge in [0.05, 0.1) is 12.2 Å². The summed E-state index contributed by atoms with van der Waals surface area (Å²) >= 11 is 1.08. The lowest BCUT2D eigenvalue weighted by Crippen LogP contribution is -2.32. The first-order valence-corrected chi connectivity index (χ1v) is 9.50. The lowest BCUT2D eigenvalue weighted by molar-refractivity contribution is -0.115. The van der Waals surface area contributed by atoms with Crippen LogP contribution in [0.2, 0.25) is 0 Å². The topological polar surface area (TPSA) is 119 Å². The minimum Gasteiger partial charge on any atom is -0.325 e. The highest BCUT2D eigenvalue weighted by atomic mass is 32.2. The number of amides is 1. The number of tetrazole rings is 1. The molecule has 25 heavy (non-hydrogen) atoms. The van der Waals surface area contributed by atoms with Gasteiger partial charge in [0.2, 0.25) is 5.91 Å². The van der Waals surface area contributed by atoms with Gasteiger partial charge in [-0.25, -0.2) is 13.1 Å². The van der Waals surface area contributed by atoms with Crippen molar-refractivity contribution in [1.29, 1.82) is 0 Å². The van der Waals surface area contributed by atoms with Crippen LogP contribution in [0.4, 0.5) is 5.69 Å². The van der Waals surface area contributed by atoms with Gasteiger partial charge in [-0.15, -0.1) is 16.4 Å². The Bertz CT molecular complexity index is 982. The summed E-state index contributed by atoms with van der Waals surface area (Å²) in [5.41, 5.74) is 1.19. The van der Waals surface area contributed by atoms with Crippen molar-refractivity contribution in [2.45, 2.75) is 11.1 Å². The Hall–Kier alpha value is -2.63. The minimum absolute atomic E-state index is 0.163. The van der Waals surface area contributed by atoms with Gasteiger partial charge in [-0.05, 0) is 47.0 Å². The quantitative estimate of drug-likeness (QED) is 0.659. The SMILES string of the molecule is Cc1nnnn1-c1cccc(NC(=O)CNS(=O)(=O)c2cccs2)c1. The molecule has 0 aliphatic heterocycles. The first kappa shape index (κ1) is 17.2. The molecule has 0 unspecified atom stereocenters. The predicted octanol–water partition coefficient (Wildman–Crippen LogP) is 0.949. The zero-order valence-corrected chi connectivity index (χ0v) is 14.7. The molecule has 0 aliphatic rings. The third-order valence-electron chi connectivity index (χ3n) is 3.18.